The number of unbranched alkanes of at least 4 members (excludes halogenated alkanes) is 2. The van der Waals surface area contributed by atoms with Crippen molar-refractivity contribution in [2.24, 2.45) is 5.73 Å². The number of nitrogens with two attached hydrogens (primary N) is 1. The van der Waals surface area contributed by atoms with Crippen LogP contribution in [0.5, 0.6) is 0 Å². The van der Waals surface area contributed by atoms with Crippen molar-refractivity contribution < 1.29 is 0 Å². The molecule has 0 saturated carbocycles. The fourth-order valence-corrected chi connectivity index (χ4v) is 1.44. The zero-order valence-corrected chi connectivity index (χ0v) is 10.1. The highest BCUT2D eigenvalue weighted by molar-refractivity contribution is 4.99. The molecule has 0 saturated heterocycles. The third-order valence-electron chi connectivity index (χ3n) is 2.49. The highest BCUT2D eigenvalue weighted by Crippen LogP contribution is 2.05. The molecule has 0 unspecified atom stereocenters. The summed E-state index contributed by atoms with van der Waals surface area (Å²) in [6.45, 7) is 13.4. The van der Waals surface area contributed by atoms with Crippen LogP contribution in [0.2, 0.25) is 0 Å². The van der Waals surface area contributed by atoms with Crippen molar-refractivity contribution in [2.75, 3.05) is 19.6 Å². The van der Waals surface area contributed by atoms with Gasteiger partial charge in [-0.25, -0.2) is 0 Å². The molecule has 0 fully saturated rings. The third kappa shape index (κ3) is 6.17. The summed E-state index contributed by atoms with van der Waals surface area (Å²) in [6.07, 6.45) is 3.88. The molecule has 0 aromatic rings. The van der Waals surface area contributed by atoms with Gasteiger partial charge in [-0.1, -0.05) is 26.3 Å². The highest BCUT2D eigenvalue weighted by atomic mass is 15.1. The van der Waals surface area contributed by atoms with E-state index in [1.165, 1.54) is 25.8 Å². The van der Waals surface area contributed by atoms with Crippen LogP contribution >= 0.6 is 0 Å². The normalized spacial score (nSPS) is 11.3. The second kappa shape index (κ2) is 8.01. The van der Waals surface area contributed by atoms with Crippen molar-refractivity contribution in [2.45, 2.75) is 46.1 Å². The van der Waals surface area contributed by atoms with Crippen LogP contribution in [0.1, 0.15) is 40.0 Å². The predicted molar refractivity (Wildman–Crippen MR) is 64.4 cm³/mol. The number of hydrogen-bond donors (Lipinski definition) is 1. The monoisotopic (exact) mass is 198 g/mol. The van der Waals surface area contributed by atoms with Crippen LogP contribution in [-0.4, -0.2) is 30.6 Å². The van der Waals surface area contributed by atoms with Crippen LogP contribution in [0, 0.1) is 0 Å². The van der Waals surface area contributed by atoms with Crippen LogP contribution in [0.4, 0.5) is 0 Å². The van der Waals surface area contributed by atoms with E-state index in [-0.39, 0.29) is 0 Å². The maximum Gasteiger partial charge on any atom is 0.0205 e. The topological polar surface area (TPSA) is 29.3 Å². The Morgan fingerprint density at radius 2 is 2.00 bits per heavy atom. The molecule has 0 spiro atoms. The molecule has 2 N–H and O–H groups in total. The van der Waals surface area contributed by atoms with Gasteiger partial charge in [-0.2, -0.15) is 0 Å². The summed E-state index contributed by atoms with van der Waals surface area (Å²) in [7, 11) is 0. The molecule has 84 valence electrons. The Balaban J connectivity index is 3.83. The van der Waals surface area contributed by atoms with Gasteiger partial charge in [0.2, 0.25) is 0 Å². The molecular weight excluding hydrogens is 172 g/mol. The van der Waals surface area contributed by atoms with Crippen LogP contribution in [-0.2, 0) is 0 Å². The summed E-state index contributed by atoms with van der Waals surface area (Å²) < 4.78 is 0. The zero-order valence-electron chi connectivity index (χ0n) is 10.1. The van der Waals surface area contributed by atoms with E-state index in [4.69, 9.17) is 5.73 Å². The smallest absolute Gasteiger partial charge is 0.0205 e. The van der Waals surface area contributed by atoms with Crippen molar-refractivity contribution in [3.63, 3.8) is 0 Å². The van der Waals surface area contributed by atoms with E-state index >= 15 is 0 Å². The van der Waals surface area contributed by atoms with Gasteiger partial charge in [0.25, 0.3) is 0 Å². The Bertz CT molecular complexity index is 152. The van der Waals surface area contributed by atoms with Gasteiger partial charge in [-0.15, -0.1) is 0 Å². The van der Waals surface area contributed by atoms with Gasteiger partial charge in [0, 0.05) is 19.1 Å². The van der Waals surface area contributed by atoms with Crippen LogP contribution in [0.15, 0.2) is 12.2 Å². The lowest BCUT2D eigenvalue weighted by Crippen LogP contribution is -2.34. The molecule has 0 aliphatic carbocycles. The molecule has 0 aliphatic heterocycles. The van der Waals surface area contributed by atoms with E-state index in [0.29, 0.717) is 12.6 Å². The molecular formula is C12H26N2. The first kappa shape index (κ1) is 13.7. The lowest BCUT2D eigenvalue weighted by molar-refractivity contribution is 0.235. The van der Waals surface area contributed by atoms with Gasteiger partial charge < -0.3 is 5.73 Å². The minimum Gasteiger partial charge on any atom is -0.327 e. The standard InChI is InChI=1S/C12H26N2/c1-5-6-7-8-14(11(2)3)10-12(4)9-13/h11H,4-10,13H2,1-3H3. The minimum atomic E-state index is 0.593. The van der Waals surface area contributed by atoms with Crippen molar-refractivity contribution in [1.29, 1.82) is 0 Å². The van der Waals surface area contributed by atoms with Gasteiger partial charge >= 0.3 is 0 Å². The lowest BCUT2D eigenvalue weighted by Gasteiger charge is -2.27. The SMILES string of the molecule is C=C(CN)CN(CCCCC)C(C)C. The summed E-state index contributed by atoms with van der Waals surface area (Å²) in [4.78, 5) is 2.45. The summed E-state index contributed by atoms with van der Waals surface area (Å²) in [5.41, 5.74) is 6.68. The van der Waals surface area contributed by atoms with Gasteiger partial charge in [0.15, 0.2) is 0 Å². The molecule has 0 heterocycles. The van der Waals surface area contributed by atoms with E-state index in [2.05, 4.69) is 32.3 Å². The van der Waals surface area contributed by atoms with E-state index in [1.54, 1.807) is 0 Å². The third-order valence-corrected chi connectivity index (χ3v) is 2.49. The summed E-state index contributed by atoms with van der Waals surface area (Å²) >= 11 is 0. The first-order valence-electron chi connectivity index (χ1n) is 5.72. The van der Waals surface area contributed by atoms with Gasteiger partial charge in [0.05, 0.1) is 0 Å². The molecule has 0 bridgehead atoms. The number of nitrogens with zero attached hydrogens (tertiary/aromatic N) is 1. The molecule has 2 nitrogen and oxygen atoms in total. The van der Waals surface area contributed by atoms with Crippen LogP contribution in [0.3, 0.4) is 0 Å². The quantitative estimate of drug-likeness (QED) is 0.479. The molecule has 14 heavy (non-hydrogen) atoms. The maximum atomic E-state index is 5.55. The highest BCUT2D eigenvalue weighted by Gasteiger charge is 2.09. The van der Waals surface area contributed by atoms with Crippen LogP contribution in [0.25, 0.3) is 0 Å². The number of hydrogen-bond acceptors (Lipinski definition) is 2. The Hall–Kier alpha value is -0.340. The Labute approximate surface area is 89.2 Å². The van der Waals surface area contributed by atoms with Gasteiger partial charge in [-0.05, 0) is 32.4 Å². The predicted octanol–water partition coefficient (Wildman–Crippen LogP) is 2.40. The molecule has 0 radical (unpaired) electrons. The fourth-order valence-electron chi connectivity index (χ4n) is 1.44. The second-order valence-electron chi connectivity index (χ2n) is 4.23. The molecule has 0 amide bonds. The Kier molecular flexibility index (Phi) is 7.81. The van der Waals surface area contributed by atoms with E-state index < -0.39 is 0 Å². The maximum absolute atomic E-state index is 5.55. The molecule has 0 aromatic heterocycles. The van der Waals surface area contributed by atoms with Crippen molar-refractivity contribution >= 4 is 0 Å². The summed E-state index contributed by atoms with van der Waals surface area (Å²) in [6, 6.07) is 0.593. The lowest BCUT2D eigenvalue weighted by atomic mass is 10.2. The van der Waals surface area contributed by atoms with E-state index in [1.807, 2.05) is 0 Å². The largest absolute Gasteiger partial charge is 0.327 e. The van der Waals surface area contributed by atoms with Crippen molar-refractivity contribution in [3.8, 4) is 0 Å². The van der Waals surface area contributed by atoms with Crippen molar-refractivity contribution in [1.82, 2.24) is 4.90 Å². The molecule has 0 atom stereocenters. The number of rotatable bonds is 8. The fraction of sp³-hybridized carbons (Fsp3) is 0.833. The average Bonchev–Trinajstić information content (AvgIpc) is 2.16. The Morgan fingerprint density at radius 1 is 1.36 bits per heavy atom. The average molecular weight is 198 g/mol. The Morgan fingerprint density at radius 3 is 2.43 bits per heavy atom. The van der Waals surface area contributed by atoms with Gasteiger partial charge in [-0.3, -0.25) is 4.90 Å². The molecule has 0 rings (SSSR count). The molecule has 0 aliphatic rings. The summed E-state index contributed by atoms with van der Waals surface area (Å²) in [5.74, 6) is 0. The molecule has 2 heteroatoms. The second-order valence-corrected chi connectivity index (χ2v) is 4.23. The minimum absolute atomic E-state index is 0.593. The van der Waals surface area contributed by atoms with Crippen LogP contribution < -0.4 is 5.73 Å². The summed E-state index contributed by atoms with van der Waals surface area (Å²) in [5, 5.41) is 0. The first-order valence-corrected chi connectivity index (χ1v) is 5.72. The van der Waals surface area contributed by atoms with E-state index in [0.717, 1.165) is 12.1 Å². The van der Waals surface area contributed by atoms with E-state index in [9.17, 15) is 0 Å². The molecule has 0 aromatic carbocycles. The van der Waals surface area contributed by atoms with Crippen molar-refractivity contribution in [3.05, 3.63) is 12.2 Å². The van der Waals surface area contributed by atoms with Gasteiger partial charge in [0.1, 0.15) is 0 Å². The first-order chi connectivity index (χ1) is 6.61. The zero-order chi connectivity index (χ0) is 11.0.